The van der Waals surface area contributed by atoms with Crippen LogP contribution in [0.4, 0.5) is 28.4 Å². The van der Waals surface area contributed by atoms with Crippen molar-refractivity contribution < 1.29 is 27.5 Å². The van der Waals surface area contributed by atoms with Crippen molar-refractivity contribution in [2.24, 2.45) is 0 Å². The summed E-state index contributed by atoms with van der Waals surface area (Å²) >= 11 is 0.254. The van der Waals surface area contributed by atoms with E-state index in [1.54, 1.807) is 0 Å². The van der Waals surface area contributed by atoms with Crippen molar-refractivity contribution in [3.05, 3.63) is 34.6 Å². The van der Waals surface area contributed by atoms with Gasteiger partial charge in [0.25, 0.3) is 0 Å². The molecule has 0 saturated carbocycles. The summed E-state index contributed by atoms with van der Waals surface area (Å²) in [5.41, 5.74) is -0.471. The fourth-order valence-corrected chi connectivity index (χ4v) is 1.91. The second kappa shape index (κ2) is 5.04. The highest BCUT2D eigenvalue weighted by molar-refractivity contribution is 7.15. The van der Waals surface area contributed by atoms with Crippen molar-refractivity contribution in [2.45, 2.75) is 6.18 Å². The van der Waals surface area contributed by atoms with E-state index in [0.29, 0.717) is 0 Å². The predicted octanol–water partition coefficient (Wildman–Crippen LogP) is 3.14. The van der Waals surface area contributed by atoms with E-state index in [-0.39, 0.29) is 22.2 Å². The van der Waals surface area contributed by atoms with Crippen LogP contribution in [0.1, 0.15) is 15.4 Å². The summed E-state index contributed by atoms with van der Waals surface area (Å²) in [5.74, 6) is -2.45. The lowest BCUT2D eigenvalue weighted by molar-refractivity contribution is -0.138. The van der Waals surface area contributed by atoms with Crippen LogP contribution in [0.5, 0.6) is 0 Å². The van der Waals surface area contributed by atoms with E-state index in [1.165, 1.54) is 6.07 Å². The number of benzene rings is 1. The van der Waals surface area contributed by atoms with Crippen LogP contribution in [0.25, 0.3) is 0 Å². The largest absolute Gasteiger partial charge is 0.478 e. The maximum absolute atomic E-state index is 13.4. The third-order valence-corrected chi connectivity index (χ3v) is 3.00. The SMILES string of the molecule is O=C(O)c1ccc(Nc2nnc(C(F)(F)F)s2)cc1F. The van der Waals surface area contributed by atoms with Crippen LogP contribution >= 0.6 is 11.3 Å². The van der Waals surface area contributed by atoms with Gasteiger partial charge in [0.05, 0.1) is 5.56 Å². The molecular weight excluding hydrogens is 302 g/mol. The highest BCUT2D eigenvalue weighted by atomic mass is 32.1. The molecule has 0 radical (unpaired) electrons. The maximum atomic E-state index is 13.4. The van der Waals surface area contributed by atoms with Gasteiger partial charge in [-0.3, -0.25) is 0 Å². The van der Waals surface area contributed by atoms with Crippen molar-refractivity contribution in [1.29, 1.82) is 0 Å². The van der Waals surface area contributed by atoms with E-state index >= 15 is 0 Å². The van der Waals surface area contributed by atoms with E-state index in [0.717, 1.165) is 12.1 Å². The smallest absolute Gasteiger partial charge is 0.445 e. The highest BCUT2D eigenvalue weighted by Crippen LogP contribution is 2.34. The number of rotatable bonds is 3. The molecule has 0 aliphatic carbocycles. The van der Waals surface area contributed by atoms with E-state index in [9.17, 15) is 22.4 Å². The van der Waals surface area contributed by atoms with Crippen LogP contribution in [-0.2, 0) is 6.18 Å². The Morgan fingerprint density at radius 1 is 1.30 bits per heavy atom. The van der Waals surface area contributed by atoms with Crippen LogP contribution in [0.3, 0.4) is 0 Å². The first kappa shape index (κ1) is 14.2. The Kier molecular flexibility index (Phi) is 3.57. The Morgan fingerprint density at radius 3 is 2.50 bits per heavy atom. The molecule has 5 nitrogen and oxygen atoms in total. The quantitative estimate of drug-likeness (QED) is 0.852. The minimum atomic E-state index is -4.60. The Labute approximate surface area is 112 Å². The van der Waals surface area contributed by atoms with Gasteiger partial charge >= 0.3 is 12.1 Å². The van der Waals surface area contributed by atoms with Crippen molar-refractivity contribution in [3.63, 3.8) is 0 Å². The number of anilines is 2. The standard InChI is InChI=1S/C10H5F4N3O2S/c11-6-3-4(1-2-5(6)7(18)19)15-9-17-16-8(20-9)10(12,13)14/h1-3H,(H,15,17)(H,18,19). The van der Waals surface area contributed by atoms with E-state index in [4.69, 9.17) is 5.11 Å². The van der Waals surface area contributed by atoms with Gasteiger partial charge in [0, 0.05) is 5.69 Å². The first-order chi connectivity index (χ1) is 9.27. The van der Waals surface area contributed by atoms with Gasteiger partial charge in [-0.25, -0.2) is 9.18 Å². The van der Waals surface area contributed by atoms with Crippen LogP contribution < -0.4 is 5.32 Å². The first-order valence-electron chi connectivity index (χ1n) is 4.98. The molecule has 106 valence electrons. The monoisotopic (exact) mass is 307 g/mol. The summed E-state index contributed by atoms with van der Waals surface area (Å²) in [6, 6.07) is 3.05. The van der Waals surface area contributed by atoms with Gasteiger partial charge in [0.15, 0.2) is 0 Å². The average molecular weight is 307 g/mol. The molecule has 0 bridgehead atoms. The summed E-state index contributed by atoms with van der Waals surface area (Å²) in [7, 11) is 0. The van der Waals surface area contributed by atoms with Crippen molar-refractivity contribution in [1.82, 2.24) is 10.2 Å². The molecule has 0 aliphatic heterocycles. The Balaban J connectivity index is 2.20. The van der Waals surface area contributed by atoms with E-state index in [1.807, 2.05) is 0 Å². The van der Waals surface area contributed by atoms with Crippen LogP contribution in [-0.4, -0.2) is 21.3 Å². The Hall–Kier alpha value is -2.23. The summed E-state index contributed by atoms with van der Waals surface area (Å²) in [4.78, 5) is 10.6. The molecule has 10 heteroatoms. The molecule has 0 saturated heterocycles. The van der Waals surface area contributed by atoms with Crippen molar-refractivity contribution in [2.75, 3.05) is 5.32 Å². The number of aromatic nitrogens is 2. The zero-order chi connectivity index (χ0) is 14.9. The number of hydrogen-bond donors (Lipinski definition) is 2. The number of carboxylic acid groups (broad SMARTS) is 1. The fraction of sp³-hybridized carbons (Fsp3) is 0.100. The number of carbonyl (C=O) groups is 1. The molecule has 0 fully saturated rings. The number of carboxylic acids is 1. The molecule has 2 rings (SSSR count). The zero-order valence-electron chi connectivity index (χ0n) is 9.40. The molecule has 2 N–H and O–H groups in total. The number of alkyl halides is 3. The first-order valence-corrected chi connectivity index (χ1v) is 5.79. The molecule has 20 heavy (non-hydrogen) atoms. The van der Waals surface area contributed by atoms with Crippen molar-refractivity contribution in [3.8, 4) is 0 Å². The maximum Gasteiger partial charge on any atom is 0.445 e. The molecule has 1 aromatic heterocycles. The molecule has 1 aromatic carbocycles. The van der Waals surface area contributed by atoms with Gasteiger partial charge < -0.3 is 10.4 Å². The topological polar surface area (TPSA) is 75.1 Å². The third-order valence-electron chi connectivity index (χ3n) is 2.12. The number of aromatic carboxylic acids is 1. The lowest BCUT2D eigenvalue weighted by atomic mass is 10.2. The molecule has 0 unspecified atom stereocenters. The Morgan fingerprint density at radius 2 is 2.00 bits per heavy atom. The van der Waals surface area contributed by atoms with Gasteiger partial charge in [-0.2, -0.15) is 13.2 Å². The van der Waals surface area contributed by atoms with Gasteiger partial charge in [0.1, 0.15) is 5.82 Å². The van der Waals surface area contributed by atoms with E-state index < -0.39 is 28.5 Å². The summed E-state index contributed by atoms with van der Waals surface area (Å²) in [5, 5.41) is 15.9. The third kappa shape index (κ3) is 3.02. The lowest BCUT2D eigenvalue weighted by Gasteiger charge is -2.03. The summed E-state index contributed by atoms with van der Waals surface area (Å²) < 4.78 is 50.3. The van der Waals surface area contributed by atoms with Crippen LogP contribution in [0.2, 0.25) is 0 Å². The molecule has 0 aliphatic rings. The predicted molar refractivity (Wildman–Crippen MR) is 61.6 cm³/mol. The Bertz CT molecular complexity index is 656. The summed E-state index contributed by atoms with van der Waals surface area (Å²) in [6.45, 7) is 0. The minimum Gasteiger partial charge on any atom is -0.478 e. The molecule has 0 amide bonds. The second-order valence-electron chi connectivity index (χ2n) is 3.53. The normalized spacial score (nSPS) is 11.4. The average Bonchev–Trinajstić information content (AvgIpc) is 2.76. The van der Waals surface area contributed by atoms with Gasteiger partial charge in [-0.1, -0.05) is 11.3 Å². The number of nitrogens with zero attached hydrogens (tertiary/aromatic N) is 2. The molecule has 0 spiro atoms. The molecule has 1 heterocycles. The molecular formula is C10H5F4N3O2S. The number of halogens is 4. The van der Waals surface area contributed by atoms with Gasteiger partial charge in [-0.05, 0) is 18.2 Å². The fourth-order valence-electron chi connectivity index (χ4n) is 1.28. The molecule has 2 aromatic rings. The van der Waals surface area contributed by atoms with Crippen molar-refractivity contribution >= 4 is 28.1 Å². The number of nitrogens with one attached hydrogen (secondary N) is 1. The van der Waals surface area contributed by atoms with E-state index in [2.05, 4.69) is 15.5 Å². The highest BCUT2D eigenvalue weighted by Gasteiger charge is 2.35. The second-order valence-corrected chi connectivity index (χ2v) is 4.51. The van der Waals surface area contributed by atoms with Crippen LogP contribution in [0.15, 0.2) is 18.2 Å². The zero-order valence-corrected chi connectivity index (χ0v) is 10.2. The van der Waals surface area contributed by atoms with Gasteiger partial charge in [-0.15, -0.1) is 10.2 Å². The van der Waals surface area contributed by atoms with Crippen LogP contribution in [0, 0.1) is 5.82 Å². The van der Waals surface area contributed by atoms with Gasteiger partial charge in [0.2, 0.25) is 10.1 Å². The molecule has 0 atom stereocenters. The number of hydrogen-bond acceptors (Lipinski definition) is 5. The summed E-state index contributed by atoms with van der Waals surface area (Å²) in [6.07, 6.45) is -4.60. The lowest BCUT2D eigenvalue weighted by Crippen LogP contribution is -2.03. The minimum absolute atomic E-state index is 0.0670.